The van der Waals surface area contributed by atoms with Crippen LogP contribution >= 0.6 is 0 Å². The minimum atomic E-state index is -4.66. The van der Waals surface area contributed by atoms with Crippen molar-refractivity contribution in [3.8, 4) is 5.75 Å². The van der Waals surface area contributed by atoms with Gasteiger partial charge in [0.25, 0.3) is 5.91 Å². The van der Waals surface area contributed by atoms with Crippen LogP contribution in [-0.2, 0) is 11.0 Å². The van der Waals surface area contributed by atoms with Crippen molar-refractivity contribution >= 4 is 23.5 Å². The molecule has 0 N–H and O–H groups in total. The Balaban J connectivity index is 1.91. The Morgan fingerprint density at radius 2 is 1.79 bits per heavy atom. The van der Waals surface area contributed by atoms with Gasteiger partial charge >= 0.3 is 11.9 Å². The van der Waals surface area contributed by atoms with Crippen LogP contribution in [-0.4, -0.2) is 23.7 Å². The highest BCUT2D eigenvalue weighted by Crippen LogP contribution is 2.32. The molecule has 0 heterocycles. The molecule has 1 amide bonds. The van der Waals surface area contributed by atoms with E-state index in [0.717, 1.165) is 36.4 Å². The van der Waals surface area contributed by atoms with Gasteiger partial charge in [-0.3, -0.25) is 14.9 Å². The lowest BCUT2D eigenvalue weighted by atomic mass is 10.2. The minimum Gasteiger partial charge on any atom is -0.477 e. The maximum Gasteiger partial charge on any atom is 0.416 e. The van der Waals surface area contributed by atoms with E-state index in [1.807, 2.05) is 0 Å². The number of hydrogen-bond acceptors (Lipinski definition) is 5. The van der Waals surface area contributed by atoms with Crippen molar-refractivity contribution < 1.29 is 32.0 Å². The van der Waals surface area contributed by atoms with E-state index in [4.69, 9.17) is 4.74 Å². The highest BCUT2D eigenvalue weighted by atomic mass is 19.4. The van der Waals surface area contributed by atoms with Gasteiger partial charge < -0.3 is 4.74 Å². The number of nitro benzene ring substituents is 1. The smallest absolute Gasteiger partial charge is 0.416 e. The summed E-state index contributed by atoms with van der Waals surface area (Å²) in [6.45, 7) is -0.854. The normalized spacial score (nSPS) is 11.4. The summed E-state index contributed by atoms with van der Waals surface area (Å²) < 4.78 is 58.1. The molecule has 3 rings (SSSR count). The van der Waals surface area contributed by atoms with E-state index in [1.165, 1.54) is 12.3 Å². The first-order valence-corrected chi connectivity index (χ1v) is 9.31. The molecule has 3 aromatic carbocycles. The SMILES string of the molecule is O=C(COc1cc(F)ccc1[N+](=O)[O-])N(N=Cc1ccccc1)c1cccc(C(F)(F)F)c1. The van der Waals surface area contributed by atoms with Gasteiger partial charge in [0, 0.05) is 12.1 Å². The second-order valence-electron chi connectivity index (χ2n) is 6.57. The van der Waals surface area contributed by atoms with Gasteiger partial charge in [-0.25, -0.2) is 4.39 Å². The van der Waals surface area contributed by atoms with Crippen LogP contribution in [0.15, 0.2) is 77.9 Å². The molecule has 0 aliphatic rings. The number of benzene rings is 3. The zero-order valence-corrected chi connectivity index (χ0v) is 16.7. The average Bonchev–Trinajstić information content (AvgIpc) is 2.78. The molecule has 0 radical (unpaired) electrons. The second kappa shape index (κ2) is 9.90. The first-order valence-electron chi connectivity index (χ1n) is 9.31. The summed E-state index contributed by atoms with van der Waals surface area (Å²) >= 11 is 0. The number of hydrazone groups is 1. The Morgan fingerprint density at radius 3 is 2.45 bits per heavy atom. The summed E-state index contributed by atoms with van der Waals surface area (Å²) in [6.07, 6.45) is -3.41. The maximum absolute atomic E-state index is 13.5. The van der Waals surface area contributed by atoms with E-state index in [2.05, 4.69) is 5.10 Å². The van der Waals surface area contributed by atoms with Crippen molar-refractivity contribution in [1.29, 1.82) is 0 Å². The number of anilines is 1. The second-order valence-corrected chi connectivity index (χ2v) is 6.57. The van der Waals surface area contributed by atoms with Crippen LogP contribution in [0.3, 0.4) is 0 Å². The largest absolute Gasteiger partial charge is 0.477 e. The molecule has 170 valence electrons. The lowest BCUT2D eigenvalue weighted by Gasteiger charge is -2.19. The number of carbonyl (C=O) groups is 1. The van der Waals surface area contributed by atoms with Gasteiger partial charge in [0.15, 0.2) is 6.61 Å². The molecule has 0 unspecified atom stereocenters. The molecule has 33 heavy (non-hydrogen) atoms. The Bertz CT molecular complexity index is 1180. The zero-order chi connectivity index (χ0) is 24.0. The molecular weight excluding hydrogens is 446 g/mol. The number of nitro groups is 1. The molecule has 0 atom stereocenters. The third-order valence-corrected chi connectivity index (χ3v) is 4.25. The summed E-state index contributed by atoms with van der Waals surface area (Å²) in [6, 6.07) is 14.8. The maximum atomic E-state index is 13.5. The number of halogens is 4. The van der Waals surface area contributed by atoms with E-state index in [-0.39, 0.29) is 5.69 Å². The Hall–Kier alpha value is -4.28. The highest BCUT2D eigenvalue weighted by Gasteiger charge is 2.31. The molecule has 11 heteroatoms. The van der Waals surface area contributed by atoms with Crippen LogP contribution in [0, 0.1) is 15.9 Å². The number of amides is 1. The van der Waals surface area contributed by atoms with E-state index in [9.17, 15) is 32.5 Å². The van der Waals surface area contributed by atoms with Crippen molar-refractivity contribution in [2.75, 3.05) is 11.6 Å². The van der Waals surface area contributed by atoms with E-state index in [0.29, 0.717) is 10.6 Å². The Morgan fingerprint density at radius 1 is 1.06 bits per heavy atom. The fourth-order valence-electron chi connectivity index (χ4n) is 2.71. The molecule has 3 aromatic rings. The molecule has 0 aliphatic carbocycles. The summed E-state index contributed by atoms with van der Waals surface area (Å²) in [5.41, 5.74) is -1.24. The van der Waals surface area contributed by atoms with Gasteiger partial charge in [0.1, 0.15) is 5.82 Å². The van der Waals surface area contributed by atoms with Gasteiger partial charge in [0.2, 0.25) is 5.75 Å². The predicted molar refractivity (Wildman–Crippen MR) is 112 cm³/mol. The third-order valence-electron chi connectivity index (χ3n) is 4.25. The lowest BCUT2D eigenvalue weighted by Crippen LogP contribution is -2.31. The summed E-state index contributed by atoms with van der Waals surface area (Å²) in [7, 11) is 0. The minimum absolute atomic E-state index is 0.209. The van der Waals surface area contributed by atoms with Crippen LogP contribution in [0.2, 0.25) is 0 Å². The number of alkyl halides is 3. The van der Waals surface area contributed by atoms with Crippen molar-refractivity contribution in [2.24, 2.45) is 5.10 Å². The quantitative estimate of drug-likeness (QED) is 0.210. The summed E-state index contributed by atoms with van der Waals surface area (Å²) in [5.74, 6) is -2.29. The fourth-order valence-corrected chi connectivity index (χ4v) is 2.71. The molecule has 0 saturated carbocycles. The van der Waals surface area contributed by atoms with Crippen LogP contribution in [0.5, 0.6) is 5.75 Å². The Labute approximate surface area is 184 Å². The van der Waals surface area contributed by atoms with Crippen molar-refractivity contribution in [3.05, 3.63) is 99.9 Å². The van der Waals surface area contributed by atoms with Gasteiger partial charge in [-0.05, 0) is 29.8 Å². The fraction of sp³-hybridized carbons (Fsp3) is 0.0909. The molecule has 0 aliphatic heterocycles. The highest BCUT2D eigenvalue weighted by molar-refractivity contribution is 5.96. The molecule has 0 bridgehead atoms. The number of carbonyl (C=O) groups excluding carboxylic acids is 1. The van der Waals surface area contributed by atoms with E-state index < -0.39 is 46.4 Å². The summed E-state index contributed by atoms with van der Waals surface area (Å²) in [4.78, 5) is 23.1. The Kier molecular flexibility index (Phi) is 7.01. The predicted octanol–water partition coefficient (Wildman–Crippen LogP) is 5.20. The van der Waals surface area contributed by atoms with Gasteiger partial charge in [-0.15, -0.1) is 0 Å². The van der Waals surface area contributed by atoms with E-state index >= 15 is 0 Å². The monoisotopic (exact) mass is 461 g/mol. The average molecular weight is 461 g/mol. The van der Waals surface area contributed by atoms with Gasteiger partial charge in [0.05, 0.1) is 22.4 Å². The third kappa shape index (κ3) is 6.12. The van der Waals surface area contributed by atoms with Gasteiger partial charge in [-0.1, -0.05) is 36.4 Å². The van der Waals surface area contributed by atoms with Crippen LogP contribution in [0.4, 0.5) is 28.9 Å². The number of hydrogen-bond donors (Lipinski definition) is 0. The number of ether oxygens (including phenoxy) is 1. The van der Waals surface area contributed by atoms with Crippen LogP contribution < -0.4 is 9.75 Å². The van der Waals surface area contributed by atoms with E-state index in [1.54, 1.807) is 30.3 Å². The zero-order valence-electron chi connectivity index (χ0n) is 16.7. The first-order chi connectivity index (χ1) is 15.6. The topological polar surface area (TPSA) is 85.0 Å². The number of rotatable bonds is 7. The molecule has 0 spiro atoms. The lowest BCUT2D eigenvalue weighted by molar-refractivity contribution is -0.385. The molecular formula is C22H15F4N3O4. The van der Waals surface area contributed by atoms with Crippen LogP contribution in [0.1, 0.15) is 11.1 Å². The van der Waals surface area contributed by atoms with Crippen LogP contribution in [0.25, 0.3) is 0 Å². The molecule has 7 nitrogen and oxygen atoms in total. The molecule has 0 fully saturated rings. The molecule has 0 saturated heterocycles. The van der Waals surface area contributed by atoms with Crippen molar-refractivity contribution in [1.82, 2.24) is 0 Å². The number of nitrogens with zero attached hydrogens (tertiary/aromatic N) is 3. The van der Waals surface area contributed by atoms with Crippen molar-refractivity contribution in [2.45, 2.75) is 6.18 Å². The van der Waals surface area contributed by atoms with Crippen molar-refractivity contribution in [3.63, 3.8) is 0 Å². The molecule has 0 aromatic heterocycles. The first kappa shape index (κ1) is 23.4. The van der Waals surface area contributed by atoms with Gasteiger partial charge in [-0.2, -0.15) is 23.3 Å². The standard InChI is InChI=1S/C22H15F4N3O4/c23-17-9-10-19(29(31)32)20(12-17)33-14-21(30)28(27-13-15-5-2-1-3-6-15)18-8-4-7-16(11-18)22(24,25)26/h1-13H,14H2. The summed E-state index contributed by atoms with van der Waals surface area (Å²) in [5, 5.41) is 15.8.